The van der Waals surface area contributed by atoms with Crippen LogP contribution in [0, 0.1) is 0 Å². The molecule has 0 bridgehead atoms. The number of hydrogen-bond acceptors (Lipinski definition) is 3. The van der Waals surface area contributed by atoms with Gasteiger partial charge in [0.05, 0.1) is 6.04 Å². The number of halogens is 1. The van der Waals surface area contributed by atoms with Gasteiger partial charge in [-0.1, -0.05) is 34.1 Å². The standard InChI is InChI=1S/C12H15BrN2O/c1-15-7-6-14-11(8-15)12(16)9-4-2-3-5-10(9)13/h2-5,11,14H,6-8H2,1H3. The minimum absolute atomic E-state index is 0.0857. The van der Waals surface area contributed by atoms with Crippen molar-refractivity contribution in [3.05, 3.63) is 34.3 Å². The molecule has 1 aliphatic rings. The molecule has 0 spiro atoms. The highest BCUT2D eigenvalue weighted by atomic mass is 79.9. The third-order valence-electron chi connectivity index (χ3n) is 2.83. The first-order valence-corrected chi connectivity index (χ1v) is 6.18. The summed E-state index contributed by atoms with van der Waals surface area (Å²) >= 11 is 3.42. The Balaban J connectivity index is 2.16. The van der Waals surface area contributed by atoms with Gasteiger partial charge in [-0.2, -0.15) is 0 Å². The van der Waals surface area contributed by atoms with Gasteiger partial charge in [0.2, 0.25) is 0 Å². The summed E-state index contributed by atoms with van der Waals surface area (Å²) in [6, 6.07) is 7.49. The van der Waals surface area contributed by atoms with E-state index in [0.717, 1.165) is 29.7 Å². The Morgan fingerprint density at radius 3 is 2.94 bits per heavy atom. The van der Waals surface area contributed by atoms with Gasteiger partial charge in [0, 0.05) is 29.7 Å². The summed E-state index contributed by atoms with van der Waals surface area (Å²) in [5.74, 6) is 0.166. The summed E-state index contributed by atoms with van der Waals surface area (Å²) in [7, 11) is 2.04. The van der Waals surface area contributed by atoms with Crippen LogP contribution in [0.1, 0.15) is 10.4 Å². The Labute approximate surface area is 104 Å². The number of carbonyl (C=O) groups is 1. The van der Waals surface area contributed by atoms with E-state index in [4.69, 9.17) is 0 Å². The fourth-order valence-electron chi connectivity index (χ4n) is 1.92. The summed E-state index contributed by atoms with van der Waals surface area (Å²) in [5, 5.41) is 3.26. The number of piperazine rings is 1. The monoisotopic (exact) mass is 282 g/mol. The van der Waals surface area contributed by atoms with Crippen molar-refractivity contribution >= 4 is 21.7 Å². The molecule has 3 nitrogen and oxygen atoms in total. The van der Waals surface area contributed by atoms with Crippen molar-refractivity contribution in [2.24, 2.45) is 0 Å². The quantitative estimate of drug-likeness (QED) is 0.836. The Hall–Kier alpha value is -0.710. The molecule has 0 amide bonds. The molecule has 16 heavy (non-hydrogen) atoms. The molecular formula is C12H15BrN2O. The second-order valence-electron chi connectivity index (χ2n) is 4.11. The predicted octanol–water partition coefficient (Wildman–Crippen LogP) is 1.54. The zero-order chi connectivity index (χ0) is 11.5. The molecule has 1 aromatic carbocycles. The highest BCUT2D eigenvalue weighted by Crippen LogP contribution is 2.18. The van der Waals surface area contributed by atoms with Gasteiger partial charge < -0.3 is 10.2 Å². The van der Waals surface area contributed by atoms with Crippen LogP contribution in [0.5, 0.6) is 0 Å². The maximum atomic E-state index is 12.2. The summed E-state index contributed by atoms with van der Waals surface area (Å²) in [5.41, 5.74) is 0.760. The van der Waals surface area contributed by atoms with Gasteiger partial charge in [-0.25, -0.2) is 0 Å². The maximum absolute atomic E-state index is 12.2. The highest BCUT2D eigenvalue weighted by molar-refractivity contribution is 9.10. The molecule has 0 saturated carbocycles. The molecule has 1 unspecified atom stereocenters. The number of Topliss-reactive ketones (excluding diaryl/α,β-unsaturated/α-hetero) is 1. The highest BCUT2D eigenvalue weighted by Gasteiger charge is 2.25. The fourth-order valence-corrected chi connectivity index (χ4v) is 2.40. The lowest BCUT2D eigenvalue weighted by Gasteiger charge is -2.30. The zero-order valence-corrected chi connectivity index (χ0v) is 10.8. The van der Waals surface area contributed by atoms with E-state index in [9.17, 15) is 4.79 Å². The smallest absolute Gasteiger partial charge is 0.182 e. The lowest BCUT2D eigenvalue weighted by molar-refractivity contribution is 0.0893. The minimum atomic E-state index is -0.0857. The van der Waals surface area contributed by atoms with Gasteiger partial charge in [0.25, 0.3) is 0 Å². The Morgan fingerprint density at radius 2 is 2.25 bits per heavy atom. The van der Waals surface area contributed by atoms with Gasteiger partial charge >= 0.3 is 0 Å². The number of carbonyl (C=O) groups excluding carboxylic acids is 1. The molecule has 1 heterocycles. The van der Waals surface area contributed by atoms with E-state index in [1.165, 1.54) is 0 Å². The lowest BCUT2D eigenvalue weighted by Crippen LogP contribution is -2.52. The van der Waals surface area contributed by atoms with Crippen LogP contribution in [0.3, 0.4) is 0 Å². The van der Waals surface area contributed by atoms with E-state index in [0.29, 0.717) is 0 Å². The Morgan fingerprint density at radius 1 is 1.50 bits per heavy atom. The van der Waals surface area contributed by atoms with Crippen LogP contribution in [0.15, 0.2) is 28.7 Å². The van der Waals surface area contributed by atoms with Gasteiger partial charge in [0.15, 0.2) is 5.78 Å². The summed E-state index contributed by atoms with van der Waals surface area (Å²) in [6.45, 7) is 2.65. The molecule has 1 atom stereocenters. The molecular weight excluding hydrogens is 268 g/mol. The van der Waals surface area contributed by atoms with Crippen molar-refractivity contribution in [3.63, 3.8) is 0 Å². The first kappa shape index (κ1) is 11.8. The van der Waals surface area contributed by atoms with Crippen LogP contribution in [0.25, 0.3) is 0 Å². The normalized spacial score (nSPS) is 22.0. The molecule has 1 N–H and O–H groups in total. The average Bonchev–Trinajstić information content (AvgIpc) is 2.29. The third kappa shape index (κ3) is 2.51. The first-order chi connectivity index (χ1) is 7.68. The van der Waals surface area contributed by atoms with Crippen LogP contribution < -0.4 is 5.32 Å². The molecule has 1 aliphatic heterocycles. The van der Waals surface area contributed by atoms with Gasteiger partial charge in [0.1, 0.15) is 0 Å². The molecule has 1 aromatic rings. The number of hydrogen-bond donors (Lipinski definition) is 1. The number of rotatable bonds is 2. The van der Waals surface area contributed by atoms with Gasteiger partial charge in [-0.05, 0) is 13.1 Å². The number of nitrogens with one attached hydrogen (secondary N) is 1. The minimum Gasteiger partial charge on any atom is -0.305 e. The van der Waals surface area contributed by atoms with E-state index in [1.54, 1.807) is 0 Å². The summed E-state index contributed by atoms with van der Waals surface area (Å²) < 4.78 is 0.870. The van der Waals surface area contributed by atoms with Crippen molar-refractivity contribution in [3.8, 4) is 0 Å². The van der Waals surface area contributed by atoms with Crippen LogP contribution in [0.4, 0.5) is 0 Å². The molecule has 86 valence electrons. The topological polar surface area (TPSA) is 32.3 Å². The number of likely N-dealkylation sites (N-methyl/N-ethyl adjacent to an activating group) is 1. The molecule has 2 rings (SSSR count). The van der Waals surface area contributed by atoms with Crippen LogP contribution in [-0.4, -0.2) is 43.4 Å². The number of nitrogens with zero attached hydrogens (tertiary/aromatic N) is 1. The summed E-state index contributed by atoms with van der Waals surface area (Å²) in [6.07, 6.45) is 0. The average molecular weight is 283 g/mol. The zero-order valence-electron chi connectivity index (χ0n) is 9.24. The van der Waals surface area contributed by atoms with E-state index in [2.05, 4.69) is 26.1 Å². The van der Waals surface area contributed by atoms with Crippen LogP contribution in [0.2, 0.25) is 0 Å². The molecule has 1 fully saturated rings. The lowest BCUT2D eigenvalue weighted by atomic mass is 10.0. The van der Waals surface area contributed by atoms with Crippen LogP contribution in [-0.2, 0) is 0 Å². The van der Waals surface area contributed by atoms with E-state index < -0.39 is 0 Å². The van der Waals surface area contributed by atoms with Gasteiger partial charge in [-0.15, -0.1) is 0 Å². The van der Waals surface area contributed by atoms with E-state index >= 15 is 0 Å². The van der Waals surface area contributed by atoms with E-state index in [-0.39, 0.29) is 11.8 Å². The SMILES string of the molecule is CN1CCNC(C(=O)c2ccccc2Br)C1. The van der Waals surface area contributed by atoms with Crippen molar-refractivity contribution in [1.82, 2.24) is 10.2 Å². The maximum Gasteiger partial charge on any atom is 0.182 e. The molecule has 4 heteroatoms. The first-order valence-electron chi connectivity index (χ1n) is 5.39. The molecule has 0 radical (unpaired) electrons. The molecule has 1 saturated heterocycles. The second kappa shape index (κ2) is 5.08. The number of ketones is 1. The van der Waals surface area contributed by atoms with Gasteiger partial charge in [-0.3, -0.25) is 4.79 Å². The van der Waals surface area contributed by atoms with Crippen molar-refractivity contribution in [2.75, 3.05) is 26.7 Å². The van der Waals surface area contributed by atoms with Crippen molar-refractivity contribution < 1.29 is 4.79 Å². The van der Waals surface area contributed by atoms with Crippen molar-refractivity contribution in [2.45, 2.75) is 6.04 Å². The van der Waals surface area contributed by atoms with Crippen LogP contribution >= 0.6 is 15.9 Å². The van der Waals surface area contributed by atoms with Crippen molar-refractivity contribution in [1.29, 1.82) is 0 Å². The second-order valence-corrected chi connectivity index (χ2v) is 4.97. The van der Waals surface area contributed by atoms with E-state index in [1.807, 2.05) is 31.3 Å². The fraction of sp³-hybridized carbons (Fsp3) is 0.417. The Kier molecular flexibility index (Phi) is 3.74. The third-order valence-corrected chi connectivity index (χ3v) is 3.53. The molecule has 0 aliphatic carbocycles. The largest absolute Gasteiger partial charge is 0.305 e. The predicted molar refractivity (Wildman–Crippen MR) is 67.8 cm³/mol. The molecule has 0 aromatic heterocycles. The number of benzene rings is 1. The summed E-state index contributed by atoms with van der Waals surface area (Å²) in [4.78, 5) is 14.4. The Bertz CT molecular complexity index is 394.